The molecule has 1 saturated carbocycles. The molecule has 1 aliphatic heterocycles. The highest BCUT2D eigenvalue weighted by atomic mass is 32.1. The van der Waals surface area contributed by atoms with E-state index in [1.54, 1.807) is 0 Å². The van der Waals surface area contributed by atoms with Crippen molar-refractivity contribution < 1.29 is 5.11 Å². The Kier molecular flexibility index (Phi) is 2.93. The Bertz CT molecular complexity index is 476. The van der Waals surface area contributed by atoms with Crippen LogP contribution in [0.2, 0.25) is 0 Å². The van der Waals surface area contributed by atoms with Crippen LogP contribution in [0.1, 0.15) is 29.0 Å². The zero-order valence-electron chi connectivity index (χ0n) is 10.6. The SMILES string of the molecule is CN1C[C@H]2CCC[C@@H](C1)[C@]2(O)c1ccc(C#N)s1. The molecule has 0 radical (unpaired) electrons. The minimum absolute atomic E-state index is 0.320. The molecule has 2 fully saturated rings. The first-order valence-electron chi connectivity index (χ1n) is 6.56. The maximum atomic E-state index is 11.2. The minimum Gasteiger partial charge on any atom is -0.384 e. The lowest BCUT2D eigenvalue weighted by Gasteiger charge is -2.52. The van der Waals surface area contributed by atoms with Crippen molar-refractivity contribution in [1.82, 2.24) is 4.90 Å². The van der Waals surface area contributed by atoms with Gasteiger partial charge in [0.15, 0.2) is 0 Å². The van der Waals surface area contributed by atoms with Gasteiger partial charge in [0, 0.05) is 29.8 Å². The van der Waals surface area contributed by atoms with Crippen molar-refractivity contribution in [2.75, 3.05) is 20.1 Å². The monoisotopic (exact) mass is 262 g/mol. The molecule has 0 amide bonds. The predicted octanol–water partition coefficient (Wildman–Crippen LogP) is 2.17. The van der Waals surface area contributed by atoms with Crippen molar-refractivity contribution in [1.29, 1.82) is 5.26 Å². The fourth-order valence-electron chi connectivity index (χ4n) is 3.69. The second kappa shape index (κ2) is 4.34. The molecule has 3 nitrogen and oxygen atoms in total. The molecule has 1 aromatic rings. The van der Waals surface area contributed by atoms with Crippen molar-refractivity contribution in [3.63, 3.8) is 0 Å². The first-order chi connectivity index (χ1) is 8.64. The summed E-state index contributed by atoms with van der Waals surface area (Å²) in [6.07, 6.45) is 3.41. The maximum absolute atomic E-state index is 11.2. The molecule has 4 heteroatoms. The van der Waals surface area contributed by atoms with E-state index in [9.17, 15) is 5.11 Å². The minimum atomic E-state index is -0.690. The first-order valence-corrected chi connectivity index (χ1v) is 7.37. The average molecular weight is 262 g/mol. The first kappa shape index (κ1) is 12.2. The van der Waals surface area contributed by atoms with Gasteiger partial charge in [-0.1, -0.05) is 6.42 Å². The van der Waals surface area contributed by atoms with Crippen LogP contribution < -0.4 is 0 Å². The van der Waals surface area contributed by atoms with Crippen LogP contribution in [0.5, 0.6) is 0 Å². The summed E-state index contributed by atoms with van der Waals surface area (Å²) in [5, 5.41) is 20.2. The molecule has 96 valence electrons. The van der Waals surface area contributed by atoms with E-state index < -0.39 is 5.60 Å². The number of fused-ring (bicyclic) bond motifs is 2. The second-order valence-corrected chi connectivity index (χ2v) is 6.73. The van der Waals surface area contributed by atoms with E-state index >= 15 is 0 Å². The number of thiophene rings is 1. The quantitative estimate of drug-likeness (QED) is 0.843. The molecule has 1 N–H and O–H groups in total. The third-order valence-corrected chi connectivity index (χ3v) is 5.66. The van der Waals surface area contributed by atoms with E-state index in [2.05, 4.69) is 18.0 Å². The van der Waals surface area contributed by atoms with Crippen LogP contribution in [0.25, 0.3) is 0 Å². The van der Waals surface area contributed by atoms with Gasteiger partial charge in [-0.2, -0.15) is 5.26 Å². The van der Waals surface area contributed by atoms with Crippen LogP contribution in [0, 0.1) is 23.2 Å². The standard InChI is InChI=1S/C14H18N2OS/c1-16-8-10-3-2-4-11(9-16)14(10,17)13-6-5-12(7-15)18-13/h5-6,10-11,17H,2-4,8-9H2,1H3/t10-,11+,14+. The summed E-state index contributed by atoms with van der Waals surface area (Å²) in [7, 11) is 2.14. The van der Waals surface area contributed by atoms with Crippen LogP contribution in [-0.4, -0.2) is 30.1 Å². The molecule has 1 saturated heterocycles. The van der Waals surface area contributed by atoms with Gasteiger partial charge in [0.2, 0.25) is 0 Å². The summed E-state index contributed by atoms with van der Waals surface area (Å²) in [6, 6.07) is 5.97. The third kappa shape index (κ3) is 1.70. The summed E-state index contributed by atoms with van der Waals surface area (Å²) in [5.41, 5.74) is -0.690. The van der Waals surface area contributed by atoms with Crippen LogP contribution >= 0.6 is 11.3 Å². The summed E-state index contributed by atoms with van der Waals surface area (Å²) in [4.78, 5) is 4.04. The van der Waals surface area contributed by atoms with Crippen molar-refractivity contribution in [3.05, 3.63) is 21.9 Å². The molecule has 0 aromatic carbocycles. The Morgan fingerprint density at radius 2 is 2.06 bits per heavy atom. The van der Waals surface area contributed by atoms with Gasteiger partial charge in [0.25, 0.3) is 0 Å². The number of rotatable bonds is 1. The topological polar surface area (TPSA) is 47.3 Å². The largest absolute Gasteiger partial charge is 0.384 e. The zero-order valence-corrected chi connectivity index (χ0v) is 11.4. The molecule has 2 aliphatic rings. The van der Waals surface area contributed by atoms with Gasteiger partial charge in [0.1, 0.15) is 16.5 Å². The summed E-state index contributed by atoms with van der Waals surface area (Å²) in [5.74, 6) is 0.639. The van der Waals surface area contributed by atoms with Crippen molar-refractivity contribution in [3.8, 4) is 6.07 Å². The summed E-state index contributed by atoms with van der Waals surface area (Å²) < 4.78 is 0. The van der Waals surface area contributed by atoms with Gasteiger partial charge < -0.3 is 10.0 Å². The van der Waals surface area contributed by atoms with Gasteiger partial charge in [-0.05, 0) is 32.0 Å². The zero-order chi connectivity index (χ0) is 12.8. The van der Waals surface area contributed by atoms with E-state index in [1.165, 1.54) is 17.8 Å². The lowest BCUT2D eigenvalue weighted by atomic mass is 9.65. The molecule has 1 aromatic heterocycles. The predicted molar refractivity (Wildman–Crippen MR) is 71.3 cm³/mol. The lowest BCUT2D eigenvalue weighted by molar-refractivity contribution is -0.140. The van der Waals surface area contributed by atoms with Crippen LogP contribution in [-0.2, 0) is 5.60 Å². The average Bonchev–Trinajstić information content (AvgIpc) is 2.80. The Morgan fingerprint density at radius 3 is 2.61 bits per heavy atom. The molecule has 1 aliphatic carbocycles. The Balaban J connectivity index is 2.00. The van der Waals surface area contributed by atoms with E-state index in [1.807, 2.05) is 12.1 Å². The molecule has 3 atom stereocenters. The molecule has 0 spiro atoms. The van der Waals surface area contributed by atoms with Gasteiger partial charge in [-0.15, -0.1) is 11.3 Å². The fourth-order valence-corrected chi connectivity index (χ4v) is 4.74. The van der Waals surface area contributed by atoms with Crippen LogP contribution in [0.15, 0.2) is 12.1 Å². The second-order valence-electron chi connectivity index (χ2n) is 5.65. The van der Waals surface area contributed by atoms with Gasteiger partial charge in [0.05, 0.1) is 0 Å². The van der Waals surface area contributed by atoms with Crippen LogP contribution in [0.4, 0.5) is 0 Å². The van der Waals surface area contributed by atoms with E-state index in [0.717, 1.165) is 30.8 Å². The Labute approximate surface area is 112 Å². The van der Waals surface area contributed by atoms with E-state index in [-0.39, 0.29) is 0 Å². The lowest BCUT2D eigenvalue weighted by Crippen LogP contribution is -2.56. The highest BCUT2D eigenvalue weighted by molar-refractivity contribution is 7.12. The number of piperidine rings is 1. The summed E-state index contributed by atoms with van der Waals surface area (Å²) in [6.45, 7) is 1.93. The number of nitriles is 1. The fraction of sp³-hybridized carbons (Fsp3) is 0.643. The van der Waals surface area contributed by atoms with Gasteiger partial charge in [-0.3, -0.25) is 0 Å². The Morgan fingerprint density at radius 1 is 1.39 bits per heavy atom. The number of hydrogen-bond acceptors (Lipinski definition) is 4. The third-order valence-electron chi connectivity index (χ3n) is 4.52. The number of nitrogens with zero attached hydrogens (tertiary/aromatic N) is 2. The summed E-state index contributed by atoms with van der Waals surface area (Å²) >= 11 is 1.47. The normalized spacial score (nSPS) is 36.3. The number of aliphatic hydroxyl groups is 1. The smallest absolute Gasteiger partial charge is 0.110 e. The maximum Gasteiger partial charge on any atom is 0.110 e. The molecular formula is C14H18N2OS. The molecule has 0 unspecified atom stereocenters. The molecule has 2 heterocycles. The molecule has 18 heavy (non-hydrogen) atoms. The number of likely N-dealkylation sites (tertiary alicyclic amines) is 1. The van der Waals surface area contributed by atoms with Gasteiger partial charge >= 0.3 is 0 Å². The van der Waals surface area contributed by atoms with Crippen LogP contribution in [0.3, 0.4) is 0 Å². The van der Waals surface area contributed by atoms with Gasteiger partial charge in [-0.25, -0.2) is 0 Å². The Hall–Kier alpha value is -0.890. The highest BCUT2D eigenvalue weighted by Crippen LogP contribution is 2.50. The number of hydrogen-bond donors (Lipinski definition) is 1. The molecular weight excluding hydrogens is 244 g/mol. The highest BCUT2D eigenvalue weighted by Gasteiger charge is 2.51. The van der Waals surface area contributed by atoms with Crippen molar-refractivity contribution in [2.24, 2.45) is 11.8 Å². The molecule has 3 rings (SSSR count). The van der Waals surface area contributed by atoms with E-state index in [4.69, 9.17) is 5.26 Å². The molecule has 2 bridgehead atoms. The van der Waals surface area contributed by atoms with E-state index in [0.29, 0.717) is 16.7 Å². The van der Waals surface area contributed by atoms with Crippen molar-refractivity contribution >= 4 is 11.3 Å². The van der Waals surface area contributed by atoms with Crippen molar-refractivity contribution in [2.45, 2.75) is 24.9 Å².